The lowest BCUT2D eigenvalue weighted by atomic mass is 9.88. The Balaban J connectivity index is 2.26. The standard InChI is InChI=1S/C16H28N2O2/c1-11(2)9-13-14(19)17-16(7-5-6-8-16)15(20)18(13)10-12(3)4/h11-13H,5-10H2,1-4H3,(H,17,19). The predicted octanol–water partition coefficient (Wildman–Crippen LogP) is 2.33. The summed E-state index contributed by atoms with van der Waals surface area (Å²) < 4.78 is 0. The molecule has 1 saturated heterocycles. The Morgan fingerprint density at radius 3 is 2.25 bits per heavy atom. The highest BCUT2D eigenvalue weighted by molar-refractivity contribution is 6.00. The third kappa shape index (κ3) is 2.84. The Morgan fingerprint density at radius 2 is 1.75 bits per heavy atom. The second kappa shape index (κ2) is 5.74. The molecule has 1 unspecified atom stereocenters. The van der Waals surface area contributed by atoms with E-state index in [9.17, 15) is 9.59 Å². The van der Waals surface area contributed by atoms with Crippen molar-refractivity contribution >= 4 is 11.8 Å². The van der Waals surface area contributed by atoms with Crippen molar-refractivity contribution in [3.63, 3.8) is 0 Å². The number of hydrogen-bond acceptors (Lipinski definition) is 2. The van der Waals surface area contributed by atoms with Crippen molar-refractivity contribution in [3.8, 4) is 0 Å². The average molecular weight is 280 g/mol. The Morgan fingerprint density at radius 1 is 1.15 bits per heavy atom. The first-order chi connectivity index (χ1) is 9.35. The number of piperazine rings is 1. The summed E-state index contributed by atoms with van der Waals surface area (Å²) in [6, 6.07) is -0.281. The molecule has 0 aromatic rings. The van der Waals surface area contributed by atoms with Gasteiger partial charge in [-0.2, -0.15) is 0 Å². The van der Waals surface area contributed by atoms with Gasteiger partial charge in [-0.15, -0.1) is 0 Å². The van der Waals surface area contributed by atoms with E-state index in [1.807, 2.05) is 4.90 Å². The van der Waals surface area contributed by atoms with E-state index in [0.717, 1.165) is 32.1 Å². The zero-order valence-electron chi connectivity index (χ0n) is 13.2. The molecule has 0 bridgehead atoms. The van der Waals surface area contributed by atoms with Gasteiger partial charge in [-0.05, 0) is 31.1 Å². The number of amides is 2. The molecule has 2 fully saturated rings. The molecule has 1 aliphatic heterocycles. The molecule has 4 nitrogen and oxygen atoms in total. The molecular weight excluding hydrogens is 252 g/mol. The van der Waals surface area contributed by atoms with Crippen LogP contribution in [0.5, 0.6) is 0 Å². The van der Waals surface area contributed by atoms with Gasteiger partial charge in [-0.1, -0.05) is 40.5 Å². The molecule has 1 aliphatic carbocycles. The molecule has 2 amide bonds. The van der Waals surface area contributed by atoms with Crippen molar-refractivity contribution in [3.05, 3.63) is 0 Å². The number of carbonyl (C=O) groups is 2. The van der Waals surface area contributed by atoms with Gasteiger partial charge in [0.25, 0.3) is 0 Å². The first-order valence-corrected chi connectivity index (χ1v) is 7.99. The van der Waals surface area contributed by atoms with E-state index in [-0.39, 0.29) is 17.9 Å². The molecule has 4 heteroatoms. The van der Waals surface area contributed by atoms with Gasteiger partial charge in [0.1, 0.15) is 11.6 Å². The number of rotatable bonds is 4. The smallest absolute Gasteiger partial charge is 0.249 e. The van der Waals surface area contributed by atoms with E-state index in [1.54, 1.807) is 0 Å². The minimum absolute atomic E-state index is 0.0563. The van der Waals surface area contributed by atoms with Gasteiger partial charge in [0.2, 0.25) is 11.8 Å². The summed E-state index contributed by atoms with van der Waals surface area (Å²) in [5.74, 6) is 1.01. The quantitative estimate of drug-likeness (QED) is 0.859. The summed E-state index contributed by atoms with van der Waals surface area (Å²) in [4.78, 5) is 27.3. The van der Waals surface area contributed by atoms with Crippen LogP contribution in [-0.2, 0) is 9.59 Å². The van der Waals surface area contributed by atoms with Crippen molar-refractivity contribution in [1.82, 2.24) is 10.2 Å². The van der Waals surface area contributed by atoms with E-state index in [1.165, 1.54) is 0 Å². The van der Waals surface area contributed by atoms with E-state index in [0.29, 0.717) is 18.4 Å². The highest BCUT2D eigenvalue weighted by Crippen LogP contribution is 2.35. The Kier molecular flexibility index (Phi) is 4.40. The van der Waals surface area contributed by atoms with E-state index in [4.69, 9.17) is 0 Å². The van der Waals surface area contributed by atoms with Gasteiger partial charge < -0.3 is 10.2 Å². The SMILES string of the molecule is CC(C)CC1C(=O)NC2(CCCC2)C(=O)N1CC(C)C. The zero-order chi connectivity index (χ0) is 14.9. The van der Waals surface area contributed by atoms with Crippen LogP contribution in [0, 0.1) is 11.8 Å². The van der Waals surface area contributed by atoms with Crippen LogP contribution in [0.4, 0.5) is 0 Å². The number of carbonyl (C=O) groups excluding carboxylic acids is 2. The molecule has 2 aliphatic rings. The van der Waals surface area contributed by atoms with Crippen LogP contribution in [0.1, 0.15) is 59.8 Å². The summed E-state index contributed by atoms with van der Waals surface area (Å²) in [6.45, 7) is 9.10. The number of hydrogen-bond donors (Lipinski definition) is 1. The Hall–Kier alpha value is -1.06. The van der Waals surface area contributed by atoms with Crippen LogP contribution >= 0.6 is 0 Å². The lowest BCUT2D eigenvalue weighted by Crippen LogP contribution is -2.70. The molecule has 20 heavy (non-hydrogen) atoms. The molecule has 1 N–H and O–H groups in total. The second-order valence-electron chi connectivity index (χ2n) is 7.28. The van der Waals surface area contributed by atoms with Gasteiger partial charge in [0, 0.05) is 6.54 Å². The second-order valence-corrected chi connectivity index (χ2v) is 7.28. The lowest BCUT2D eigenvalue weighted by molar-refractivity contribution is -0.156. The minimum atomic E-state index is -0.584. The molecule has 1 atom stereocenters. The normalized spacial score (nSPS) is 25.9. The number of nitrogens with one attached hydrogen (secondary N) is 1. The molecule has 114 valence electrons. The maximum absolute atomic E-state index is 12.9. The van der Waals surface area contributed by atoms with Crippen molar-refractivity contribution in [1.29, 1.82) is 0 Å². The summed E-state index contributed by atoms with van der Waals surface area (Å²) in [5.41, 5.74) is -0.584. The summed E-state index contributed by atoms with van der Waals surface area (Å²) in [7, 11) is 0. The molecule has 1 heterocycles. The maximum atomic E-state index is 12.9. The minimum Gasteiger partial charge on any atom is -0.340 e. The third-order valence-electron chi connectivity index (χ3n) is 4.43. The first-order valence-electron chi connectivity index (χ1n) is 7.99. The number of nitrogens with zero attached hydrogens (tertiary/aromatic N) is 1. The van der Waals surface area contributed by atoms with Gasteiger partial charge in [-0.25, -0.2) is 0 Å². The van der Waals surface area contributed by atoms with Gasteiger partial charge >= 0.3 is 0 Å². The van der Waals surface area contributed by atoms with E-state index < -0.39 is 5.54 Å². The first kappa shape index (κ1) is 15.3. The van der Waals surface area contributed by atoms with Gasteiger partial charge in [0.15, 0.2) is 0 Å². The van der Waals surface area contributed by atoms with Crippen LogP contribution in [0.3, 0.4) is 0 Å². The largest absolute Gasteiger partial charge is 0.340 e. The fourth-order valence-corrected chi connectivity index (χ4v) is 3.53. The van der Waals surface area contributed by atoms with E-state index in [2.05, 4.69) is 33.0 Å². The molecule has 1 spiro atoms. The van der Waals surface area contributed by atoms with Crippen LogP contribution in [0.2, 0.25) is 0 Å². The Labute approximate surface area is 122 Å². The monoisotopic (exact) mass is 280 g/mol. The fourth-order valence-electron chi connectivity index (χ4n) is 3.53. The predicted molar refractivity (Wildman–Crippen MR) is 79.1 cm³/mol. The van der Waals surface area contributed by atoms with Crippen molar-refractivity contribution < 1.29 is 9.59 Å². The van der Waals surface area contributed by atoms with Crippen molar-refractivity contribution in [2.75, 3.05) is 6.54 Å². The zero-order valence-corrected chi connectivity index (χ0v) is 13.2. The van der Waals surface area contributed by atoms with Crippen LogP contribution in [-0.4, -0.2) is 34.8 Å². The average Bonchev–Trinajstić information content (AvgIpc) is 2.79. The summed E-state index contributed by atoms with van der Waals surface area (Å²) in [5, 5.41) is 3.07. The molecule has 0 aromatic heterocycles. The van der Waals surface area contributed by atoms with Crippen LogP contribution in [0.25, 0.3) is 0 Å². The summed E-state index contributed by atoms with van der Waals surface area (Å²) in [6.07, 6.45) is 4.44. The highest BCUT2D eigenvalue weighted by atomic mass is 16.2. The van der Waals surface area contributed by atoms with Crippen LogP contribution < -0.4 is 5.32 Å². The van der Waals surface area contributed by atoms with Gasteiger partial charge in [-0.3, -0.25) is 9.59 Å². The molecule has 2 rings (SSSR count). The van der Waals surface area contributed by atoms with E-state index >= 15 is 0 Å². The maximum Gasteiger partial charge on any atom is 0.249 e. The van der Waals surface area contributed by atoms with Crippen molar-refractivity contribution in [2.24, 2.45) is 11.8 Å². The molecular formula is C16H28N2O2. The third-order valence-corrected chi connectivity index (χ3v) is 4.43. The van der Waals surface area contributed by atoms with Crippen LogP contribution in [0.15, 0.2) is 0 Å². The summed E-state index contributed by atoms with van der Waals surface area (Å²) >= 11 is 0. The molecule has 0 radical (unpaired) electrons. The highest BCUT2D eigenvalue weighted by Gasteiger charge is 2.51. The van der Waals surface area contributed by atoms with Gasteiger partial charge in [0.05, 0.1) is 0 Å². The van der Waals surface area contributed by atoms with Crippen molar-refractivity contribution in [2.45, 2.75) is 71.4 Å². The lowest BCUT2D eigenvalue weighted by Gasteiger charge is -2.45. The molecule has 0 aromatic carbocycles. The molecule has 1 saturated carbocycles. The Bertz CT molecular complexity index is 384. The fraction of sp³-hybridized carbons (Fsp3) is 0.875. The topological polar surface area (TPSA) is 49.4 Å².